The third-order valence-corrected chi connectivity index (χ3v) is 4.03. The lowest BCUT2D eigenvalue weighted by Crippen LogP contribution is -2.36. The molecule has 1 fully saturated rings. The van der Waals surface area contributed by atoms with Crippen molar-refractivity contribution < 1.29 is 13.6 Å². The summed E-state index contributed by atoms with van der Waals surface area (Å²) >= 11 is 0. The highest BCUT2D eigenvalue weighted by atomic mass is 19.1. The fourth-order valence-electron chi connectivity index (χ4n) is 2.76. The zero-order valence-corrected chi connectivity index (χ0v) is 13.1. The van der Waals surface area contributed by atoms with Crippen molar-refractivity contribution in [3.63, 3.8) is 0 Å². The van der Waals surface area contributed by atoms with Crippen LogP contribution in [0.3, 0.4) is 0 Å². The summed E-state index contributed by atoms with van der Waals surface area (Å²) in [6.07, 6.45) is 5.45. The second-order valence-corrected chi connectivity index (χ2v) is 5.86. The van der Waals surface area contributed by atoms with Gasteiger partial charge in [-0.05, 0) is 37.1 Å². The van der Waals surface area contributed by atoms with Gasteiger partial charge in [-0.3, -0.25) is 4.79 Å². The molecule has 0 bridgehead atoms. The van der Waals surface area contributed by atoms with Gasteiger partial charge >= 0.3 is 0 Å². The van der Waals surface area contributed by atoms with Crippen molar-refractivity contribution in [2.75, 3.05) is 5.32 Å². The molecule has 1 aliphatic carbocycles. The predicted octanol–water partition coefficient (Wildman–Crippen LogP) is 3.56. The Hall–Kier alpha value is -2.57. The standard InChI is InChI=1S/C17H18F2N4O/c18-11-6-7-14(13(19)10-11)21-16-9-8-15(22-23-16)17(24)20-12-4-2-1-3-5-12/h6-10,12H,1-5H2,(H,20,24)(H,21,23). The number of amides is 1. The van der Waals surface area contributed by atoms with E-state index in [-0.39, 0.29) is 29.1 Å². The van der Waals surface area contributed by atoms with Crippen LogP contribution in [0.15, 0.2) is 30.3 Å². The summed E-state index contributed by atoms with van der Waals surface area (Å²) in [5, 5.41) is 13.4. The van der Waals surface area contributed by atoms with Gasteiger partial charge in [0.05, 0.1) is 5.69 Å². The number of benzene rings is 1. The third-order valence-electron chi connectivity index (χ3n) is 4.03. The van der Waals surface area contributed by atoms with Crippen LogP contribution in [-0.2, 0) is 0 Å². The number of rotatable bonds is 4. The lowest BCUT2D eigenvalue weighted by atomic mass is 9.95. The maximum absolute atomic E-state index is 13.6. The molecule has 1 aromatic heterocycles. The first-order valence-electron chi connectivity index (χ1n) is 7.98. The number of hydrogen-bond donors (Lipinski definition) is 2. The Labute approximate surface area is 138 Å². The van der Waals surface area contributed by atoms with Crippen LogP contribution in [0.25, 0.3) is 0 Å². The molecule has 0 atom stereocenters. The Morgan fingerprint density at radius 1 is 1.04 bits per heavy atom. The topological polar surface area (TPSA) is 66.9 Å². The number of anilines is 2. The van der Waals surface area contributed by atoms with Gasteiger partial charge in [0.1, 0.15) is 11.6 Å². The van der Waals surface area contributed by atoms with Crippen molar-refractivity contribution in [2.45, 2.75) is 38.1 Å². The maximum Gasteiger partial charge on any atom is 0.272 e. The van der Waals surface area contributed by atoms with Crippen LogP contribution < -0.4 is 10.6 Å². The molecule has 0 unspecified atom stereocenters. The van der Waals surface area contributed by atoms with E-state index < -0.39 is 11.6 Å². The van der Waals surface area contributed by atoms with E-state index in [2.05, 4.69) is 20.8 Å². The van der Waals surface area contributed by atoms with Gasteiger partial charge in [0.25, 0.3) is 5.91 Å². The number of carbonyl (C=O) groups excluding carboxylic acids is 1. The van der Waals surface area contributed by atoms with Crippen molar-refractivity contribution in [3.05, 3.63) is 47.7 Å². The Balaban J connectivity index is 1.63. The van der Waals surface area contributed by atoms with Crippen molar-refractivity contribution >= 4 is 17.4 Å². The van der Waals surface area contributed by atoms with E-state index in [0.717, 1.165) is 37.8 Å². The number of aromatic nitrogens is 2. The monoisotopic (exact) mass is 332 g/mol. The van der Waals surface area contributed by atoms with Gasteiger partial charge in [-0.1, -0.05) is 19.3 Å². The fraction of sp³-hybridized carbons (Fsp3) is 0.353. The van der Waals surface area contributed by atoms with E-state index in [1.54, 1.807) is 0 Å². The van der Waals surface area contributed by atoms with Crippen LogP contribution >= 0.6 is 0 Å². The number of nitrogens with one attached hydrogen (secondary N) is 2. The van der Waals surface area contributed by atoms with Gasteiger partial charge in [-0.15, -0.1) is 10.2 Å². The summed E-state index contributed by atoms with van der Waals surface area (Å²) in [4.78, 5) is 12.1. The largest absolute Gasteiger partial charge is 0.348 e. The lowest BCUT2D eigenvalue weighted by Gasteiger charge is -2.22. The van der Waals surface area contributed by atoms with E-state index >= 15 is 0 Å². The summed E-state index contributed by atoms with van der Waals surface area (Å²) < 4.78 is 26.5. The minimum absolute atomic E-state index is 0.0881. The van der Waals surface area contributed by atoms with Gasteiger partial charge in [0, 0.05) is 12.1 Å². The molecule has 1 aliphatic rings. The van der Waals surface area contributed by atoms with Gasteiger partial charge in [-0.25, -0.2) is 8.78 Å². The normalized spacial score (nSPS) is 15.1. The quantitative estimate of drug-likeness (QED) is 0.898. The number of halogens is 2. The molecule has 126 valence electrons. The molecular formula is C17H18F2N4O. The van der Waals surface area contributed by atoms with E-state index in [9.17, 15) is 13.6 Å². The highest BCUT2D eigenvalue weighted by Gasteiger charge is 2.17. The molecule has 0 aliphatic heterocycles. The summed E-state index contributed by atoms with van der Waals surface area (Å²) in [6.45, 7) is 0. The SMILES string of the molecule is O=C(NC1CCCCC1)c1ccc(Nc2ccc(F)cc2F)nn1. The number of carbonyl (C=O) groups is 1. The maximum atomic E-state index is 13.6. The first-order chi connectivity index (χ1) is 11.6. The van der Waals surface area contributed by atoms with Crippen LogP contribution in [0, 0.1) is 11.6 Å². The summed E-state index contributed by atoms with van der Waals surface area (Å²) in [7, 11) is 0. The Morgan fingerprint density at radius 2 is 1.83 bits per heavy atom. The minimum atomic E-state index is -0.726. The minimum Gasteiger partial charge on any atom is -0.348 e. The van der Waals surface area contributed by atoms with Crippen molar-refractivity contribution in [2.24, 2.45) is 0 Å². The molecule has 2 aromatic rings. The van der Waals surface area contributed by atoms with Crippen LogP contribution in [-0.4, -0.2) is 22.1 Å². The zero-order chi connectivity index (χ0) is 16.9. The molecule has 1 aromatic carbocycles. The highest BCUT2D eigenvalue weighted by molar-refractivity contribution is 5.92. The molecular weight excluding hydrogens is 314 g/mol. The van der Waals surface area contributed by atoms with Gasteiger partial charge < -0.3 is 10.6 Å². The molecule has 5 nitrogen and oxygen atoms in total. The van der Waals surface area contributed by atoms with Crippen LogP contribution in [0.1, 0.15) is 42.6 Å². The highest BCUT2D eigenvalue weighted by Crippen LogP contribution is 2.20. The summed E-state index contributed by atoms with van der Waals surface area (Å²) in [5.41, 5.74) is 0.302. The molecule has 0 spiro atoms. The van der Waals surface area contributed by atoms with Crippen molar-refractivity contribution in [1.82, 2.24) is 15.5 Å². The molecule has 1 saturated carbocycles. The summed E-state index contributed by atoms with van der Waals surface area (Å²) in [5.74, 6) is -1.36. The lowest BCUT2D eigenvalue weighted by molar-refractivity contribution is 0.0921. The van der Waals surface area contributed by atoms with E-state index in [1.165, 1.54) is 24.6 Å². The molecule has 2 N–H and O–H groups in total. The molecule has 3 rings (SSSR count). The first-order valence-corrected chi connectivity index (χ1v) is 7.98. The van der Waals surface area contributed by atoms with Gasteiger partial charge in [-0.2, -0.15) is 0 Å². The molecule has 1 heterocycles. The first kappa shape index (κ1) is 16.3. The predicted molar refractivity (Wildman–Crippen MR) is 86.0 cm³/mol. The third kappa shape index (κ3) is 4.04. The van der Waals surface area contributed by atoms with Crippen LogP contribution in [0.2, 0.25) is 0 Å². The van der Waals surface area contributed by atoms with Crippen LogP contribution in [0.5, 0.6) is 0 Å². The number of hydrogen-bond acceptors (Lipinski definition) is 4. The van der Waals surface area contributed by atoms with Crippen molar-refractivity contribution in [3.8, 4) is 0 Å². The Bertz CT molecular complexity index is 715. The van der Waals surface area contributed by atoms with Gasteiger partial charge in [0.15, 0.2) is 11.5 Å². The van der Waals surface area contributed by atoms with E-state index in [0.29, 0.717) is 0 Å². The van der Waals surface area contributed by atoms with Gasteiger partial charge in [0.2, 0.25) is 0 Å². The second-order valence-electron chi connectivity index (χ2n) is 5.86. The number of nitrogens with zero attached hydrogens (tertiary/aromatic N) is 2. The molecule has 0 radical (unpaired) electrons. The Kier molecular flexibility index (Phi) is 4.98. The molecule has 1 amide bonds. The smallest absolute Gasteiger partial charge is 0.272 e. The molecule has 7 heteroatoms. The Morgan fingerprint density at radius 3 is 2.50 bits per heavy atom. The van der Waals surface area contributed by atoms with E-state index in [4.69, 9.17) is 0 Å². The van der Waals surface area contributed by atoms with E-state index in [1.807, 2.05) is 0 Å². The second kappa shape index (κ2) is 7.33. The molecule has 0 saturated heterocycles. The zero-order valence-electron chi connectivity index (χ0n) is 13.1. The average Bonchev–Trinajstić information content (AvgIpc) is 2.59. The fourth-order valence-corrected chi connectivity index (χ4v) is 2.76. The van der Waals surface area contributed by atoms with Crippen LogP contribution in [0.4, 0.5) is 20.3 Å². The summed E-state index contributed by atoms with van der Waals surface area (Å²) in [6, 6.07) is 6.45. The molecule has 24 heavy (non-hydrogen) atoms. The van der Waals surface area contributed by atoms with Crippen molar-refractivity contribution in [1.29, 1.82) is 0 Å². The average molecular weight is 332 g/mol.